The van der Waals surface area contributed by atoms with Crippen LogP contribution in [-0.4, -0.2) is 27.7 Å². The monoisotopic (exact) mass is 174 g/mol. The molecule has 1 rings (SSSR count). The minimum absolute atomic E-state index is 0. The average Bonchev–Trinajstić information content (AvgIpc) is 2.07. The summed E-state index contributed by atoms with van der Waals surface area (Å²) < 4.78 is 31.6. The van der Waals surface area contributed by atoms with Gasteiger partial charge in [-0.25, -0.2) is 0 Å². The Morgan fingerprint density at radius 2 is 1.91 bits per heavy atom. The Morgan fingerprint density at radius 1 is 1.45 bits per heavy atom. The van der Waals surface area contributed by atoms with Gasteiger partial charge in [0.15, 0.2) is 0 Å². The van der Waals surface area contributed by atoms with E-state index in [9.17, 15) is 0 Å². The van der Waals surface area contributed by atoms with Gasteiger partial charge in [0.2, 0.25) is 0 Å². The summed E-state index contributed by atoms with van der Waals surface area (Å²) in [4.78, 5) is 0. The molecule has 0 saturated carbocycles. The van der Waals surface area contributed by atoms with Crippen LogP contribution in [0.3, 0.4) is 0 Å². The molecule has 8 heteroatoms. The van der Waals surface area contributed by atoms with Gasteiger partial charge in [-0.3, -0.25) is 14.2 Å². The fraction of sp³-hybridized carbons (Fsp3) is 0. The van der Waals surface area contributed by atoms with E-state index in [1.165, 1.54) is 0 Å². The van der Waals surface area contributed by atoms with Crippen LogP contribution < -0.4 is 18.9 Å². The maximum absolute atomic E-state index is 8.74. The Kier molecular flexibility index (Phi) is 7.72. The third-order valence-corrected chi connectivity index (χ3v) is 0.406. The van der Waals surface area contributed by atoms with E-state index < -0.39 is 10.4 Å². The Balaban J connectivity index is -0.000000116. The molecule has 0 aliphatic carbocycles. The molecule has 60 valence electrons. The number of hydrogen-bond donors (Lipinski definition) is 3. The van der Waals surface area contributed by atoms with E-state index in [0.717, 1.165) is 0 Å². The number of rotatable bonds is 0. The van der Waals surface area contributed by atoms with Gasteiger partial charge in [-0.15, -0.1) is 0 Å². The molecule has 3 N–H and O–H groups in total. The van der Waals surface area contributed by atoms with E-state index in [2.05, 4.69) is 10.2 Å². The van der Waals surface area contributed by atoms with Gasteiger partial charge in [0, 0.05) is 12.4 Å². The van der Waals surface area contributed by atoms with Gasteiger partial charge in [0.25, 0.3) is 0 Å². The van der Waals surface area contributed by atoms with Crippen LogP contribution in [0.5, 0.6) is 0 Å². The molecular formula is C3H7LiN2O4S. The van der Waals surface area contributed by atoms with Gasteiger partial charge in [0.05, 0.1) is 0 Å². The summed E-state index contributed by atoms with van der Waals surface area (Å²) in [5.41, 5.74) is 0. The topological polar surface area (TPSA) is 103 Å². The first kappa shape index (κ1) is 13.3. The quantitative estimate of drug-likeness (QED) is 0.285. The van der Waals surface area contributed by atoms with Crippen molar-refractivity contribution >= 4 is 10.4 Å². The molecule has 6 nitrogen and oxygen atoms in total. The zero-order valence-electron chi connectivity index (χ0n) is 6.80. The molecular weight excluding hydrogens is 167 g/mol. The third kappa shape index (κ3) is 26.1. The fourth-order valence-corrected chi connectivity index (χ4v) is 0.215. The van der Waals surface area contributed by atoms with Crippen molar-refractivity contribution < 1.29 is 37.8 Å². The van der Waals surface area contributed by atoms with Crippen molar-refractivity contribution in [2.24, 2.45) is 0 Å². The van der Waals surface area contributed by atoms with Crippen molar-refractivity contribution in [3.8, 4) is 0 Å². The molecule has 1 aromatic heterocycles. The Morgan fingerprint density at radius 3 is 2.00 bits per heavy atom. The summed E-state index contributed by atoms with van der Waals surface area (Å²) in [7, 11) is -4.67. The summed E-state index contributed by atoms with van der Waals surface area (Å²) in [5, 5.41) is 6.21. The maximum Gasteiger partial charge on any atom is 1.00 e. The number of nitrogens with zero attached hydrogens (tertiary/aromatic N) is 1. The van der Waals surface area contributed by atoms with E-state index in [0.29, 0.717) is 0 Å². The second kappa shape index (κ2) is 6.39. The van der Waals surface area contributed by atoms with Crippen molar-refractivity contribution in [3.05, 3.63) is 18.5 Å². The summed E-state index contributed by atoms with van der Waals surface area (Å²) in [6.45, 7) is 0. The molecule has 0 amide bonds. The maximum atomic E-state index is 8.74. The standard InChI is InChI=1S/C3H4N2.Li.H2O4S.H/c1-2-4-5-3-1;;1-5(2,3)4;/h1-3H,(H,4,5);;(H2,1,2,3,4);/q;+1;;-1. The zero-order chi connectivity index (χ0) is 8.04. The van der Waals surface area contributed by atoms with Crippen molar-refractivity contribution in [1.82, 2.24) is 10.2 Å². The molecule has 0 aliphatic heterocycles. The SMILES string of the molecule is O=S(=O)(O)O.[H-].[Li+].c1cn[nH]c1. The second-order valence-electron chi connectivity index (χ2n) is 1.21. The average molecular weight is 174 g/mol. The van der Waals surface area contributed by atoms with Crippen molar-refractivity contribution in [2.45, 2.75) is 0 Å². The van der Waals surface area contributed by atoms with Gasteiger partial charge >= 0.3 is 29.3 Å². The first-order valence-electron chi connectivity index (χ1n) is 2.14. The van der Waals surface area contributed by atoms with Crippen LogP contribution in [0, 0.1) is 0 Å². The normalized spacial score (nSPS) is 8.91. The molecule has 1 aromatic rings. The zero-order valence-corrected chi connectivity index (χ0v) is 6.61. The summed E-state index contributed by atoms with van der Waals surface area (Å²) >= 11 is 0. The molecule has 11 heavy (non-hydrogen) atoms. The third-order valence-electron chi connectivity index (χ3n) is 0.406. The fourth-order valence-electron chi connectivity index (χ4n) is 0.215. The minimum atomic E-state index is -4.67. The molecule has 0 aromatic carbocycles. The molecule has 0 spiro atoms. The predicted molar refractivity (Wildman–Crippen MR) is 33.9 cm³/mol. The van der Waals surface area contributed by atoms with Gasteiger partial charge in [-0.2, -0.15) is 13.5 Å². The first-order valence-corrected chi connectivity index (χ1v) is 3.53. The minimum Gasteiger partial charge on any atom is -1.00 e. The van der Waals surface area contributed by atoms with Crippen molar-refractivity contribution in [2.75, 3.05) is 0 Å². The van der Waals surface area contributed by atoms with Crippen LogP contribution in [0.1, 0.15) is 1.43 Å². The van der Waals surface area contributed by atoms with Gasteiger partial charge in [-0.1, -0.05) is 0 Å². The van der Waals surface area contributed by atoms with Crippen molar-refractivity contribution in [1.29, 1.82) is 0 Å². The molecule has 0 saturated heterocycles. The number of hydrogen-bond acceptors (Lipinski definition) is 3. The van der Waals surface area contributed by atoms with E-state index in [4.69, 9.17) is 17.5 Å². The van der Waals surface area contributed by atoms with Crippen LogP contribution in [0.15, 0.2) is 18.5 Å². The van der Waals surface area contributed by atoms with Gasteiger partial charge in [-0.05, 0) is 6.07 Å². The first-order chi connectivity index (χ1) is 4.50. The van der Waals surface area contributed by atoms with Crippen LogP contribution in [0.2, 0.25) is 0 Å². The van der Waals surface area contributed by atoms with E-state index in [1.807, 2.05) is 6.07 Å². The van der Waals surface area contributed by atoms with Crippen LogP contribution in [0.4, 0.5) is 0 Å². The largest absolute Gasteiger partial charge is 1.00 e. The van der Waals surface area contributed by atoms with Crippen LogP contribution in [-0.2, 0) is 10.4 Å². The number of aromatic amines is 1. The van der Waals surface area contributed by atoms with Gasteiger partial charge in [0.1, 0.15) is 0 Å². The summed E-state index contributed by atoms with van der Waals surface area (Å²) in [5.74, 6) is 0. The Hall–Kier alpha value is -0.323. The molecule has 0 fully saturated rings. The number of nitrogens with one attached hydrogen (secondary N) is 1. The molecule has 0 atom stereocenters. The van der Waals surface area contributed by atoms with Crippen LogP contribution >= 0.6 is 0 Å². The molecule has 0 bridgehead atoms. The summed E-state index contributed by atoms with van der Waals surface area (Å²) in [6, 6.07) is 1.83. The number of H-pyrrole nitrogens is 1. The smallest absolute Gasteiger partial charge is 1.00 e. The van der Waals surface area contributed by atoms with Crippen molar-refractivity contribution in [3.63, 3.8) is 0 Å². The van der Waals surface area contributed by atoms with E-state index >= 15 is 0 Å². The van der Waals surface area contributed by atoms with E-state index in [1.54, 1.807) is 12.4 Å². The number of aromatic nitrogens is 2. The van der Waals surface area contributed by atoms with E-state index in [-0.39, 0.29) is 20.3 Å². The molecule has 0 aliphatic rings. The summed E-state index contributed by atoms with van der Waals surface area (Å²) in [6.07, 6.45) is 3.46. The van der Waals surface area contributed by atoms with Crippen LogP contribution in [0.25, 0.3) is 0 Å². The van der Waals surface area contributed by atoms with Gasteiger partial charge < -0.3 is 1.43 Å². The molecule has 0 unspecified atom stereocenters. The molecule has 1 heterocycles. The Labute approximate surface area is 77.2 Å². The predicted octanol–water partition coefficient (Wildman–Crippen LogP) is -3.13. The Bertz CT molecular complexity index is 224. The second-order valence-corrected chi connectivity index (χ2v) is 2.11. The molecule has 0 radical (unpaired) electrons.